The number of nitrogens with zero attached hydrogens (tertiary/aromatic N) is 1. The summed E-state index contributed by atoms with van der Waals surface area (Å²) in [6.07, 6.45) is 1.54. The largest absolute Gasteiger partial charge is 0.436 e. The van der Waals surface area contributed by atoms with Gasteiger partial charge in [-0.2, -0.15) is 0 Å². The van der Waals surface area contributed by atoms with Crippen molar-refractivity contribution in [1.29, 1.82) is 0 Å². The van der Waals surface area contributed by atoms with Crippen LogP contribution in [0.5, 0.6) is 11.6 Å². The normalized spacial score (nSPS) is 11.0. The molecule has 0 fully saturated rings. The Bertz CT molecular complexity index is 632. The standard InChI is InChI=1S/C16H18ClFN2O/c1-10(2)20-9-12-6-7-19-16(15(12)18)21-14-5-4-13(17)8-11(14)3/h4-8,10,20H,9H2,1-3H3. The number of hydrogen-bond donors (Lipinski definition) is 1. The molecule has 0 aliphatic rings. The second-order valence-electron chi connectivity index (χ2n) is 5.14. The maximum atomic E-state index is 14.4. The molecule has 1 heterocycles. The molecule has 0 atom stereocenters. The predicted molar refractivity (Wildman–Crippen MR) is 82.4 cm³/mol. The summed E-state index contributed by atoms with van der Waals surface area (Å²) in [6.45, 7) is 6.30. The van der Waals surface area contributed by atoms with Crippen molar-refractivity contribution in [3.63, 3.8) is 0 Å². The second-order valence-corrected chi connectivity index (χ2v) is 5.57. The molecule has 0 radical (unpaired) electrons. The second kappa shape index (κ2) is 6.87. The number of benzene rings is 1. The maximum Gasteiger partial charge on any atom is 0.256 e. The molecular weight excluding hydrogens is 291 g/mol. The molecule has 112 valence electrons. The summed E-state index contributed by atoms with van der Waals surface area (Å²) in [4.78, 5) is 3.97. The summed E-state index contributed by atoms with van der Waals surface area (Å²) < 4.78 is 19.9. The Balaban J connectivity index is 2.22. The van der Waals surface area contributed by atoms with Gasteiger partial charge in [0, 0.05) is 29.4 Å². The minimum absolute atomic E-state index is 0.0246. The lowest BCUT2D eigenvalue weighted by Crippen LogP contribution is -2.22. The van der Waals surface area contributed by atoms with Gasteiger partial charge in [-0.05, 0) is 36.8 Å². The fraction of sp³-hybridized carbons (Fsp3) is 0.312. The molecule has 0 aliphatic heterocycles. The summed E-state index contributed by atoms with van der Waals surface area (Å²) in [5, 5.41) is 3.79. The summed E-state index contributed by atoms with van der Waals surface area (Å²) in [6, 6.07) is 7.09. The van der Waals surface area contributed by atoms with Crippen molar-refractivity contribution < 1.29 is 9.13 Å². The minimum Gasteiger partial charge on any atom is -0.436 e. The van der Waals surface area contributed by atoms with E-state index in [9.17, 15) is 4.39 Å². The number of hydrogen-bond acceptors (Lipinski definition) is 3. The third-order valence-corrected chi connectivity index (χ3v) is 3.22. The van der Waals surface area contributed by atoms with Crippen molar-refractivity contribution >= 4 is 11.6 Å². The first kappa shape index (κ1) is 15.7. The number of pyridine rings is 1. The van der Waals surface area contributed by atoms with Crippen LogP contribution in [0.25, 0.3) is 0 Å². The van der Waals surface area contributed by atoms with Gasteiger partial charge >= 0.3 is 0 Å². The number of halogens is 2. The highest BCUT2D eigenvalue weighted by atomic mass is 35.5. The van der Waals surface area contributed by atoms with Gasteiger partial charge in [0.05, 0.1) is 0 Å². The first-order valence-corrected chi connectivity index (χ1v) is 7.16. The molecule has 0 bridgehead atoms. The molecule has 0 spiro atoms. The van der Waals surface area contributed by atoms with Gasteiger partial charge in [0.15, 0.2) is 5.82 Å². The summed E-state index contributed by atoms with van der Waals surface area (Å²) >= 11 is 5.89. The molecule has 0 aliphatic carbocycles. The Labute approximate surface area is 129 Å². The Hall–Kier alpha value is -1.65. The SMILES string of the molecule is Cc1cc(Cl)ccc1Oc1nccc(CNC(C)C)c1F. The monoisotopic (exact) mass is 308 g/mol. The Morgan fingerprint density at radius 1 is 1.33 bits per heavy atom. The summed E-state index contributed by atoms with van der Waals surface area (Å²) in [7, 11) is 0. The van der Waals surface area contributed by atoms with Crippen LogP contribution in [-0.4, -0.2) is 11.0 Å². The predicted octanol–water partition coefficient (Wildman–Crippen LogP) is 4.47. The van der Waals surface area contributed by atoms with Crippen LogP contribution < -0.4 is 10.1 Å². The van der Waals surface area contributed by atoms with Crippen LogP contribution in [0.2, 0.25) is 5.02 Å². The van der Waals surface area contributed by atoms with Crippen molar-refractivity contribution in [2.75, 3.05) is 0 Å². The molecule has 21 heavy (non-hydrogen) atoms. The zero-order valence-corrected chi connectivity index (χ0v) is 13.0. The van der Waals surface area contributed by atoms with E-state index in [0.717, 1.165) is 5.56 Å². The molecule has 0 unspecified atom stereocenters. The van der Waals surface area contributed by atoms with Crippen LogP contribution in [-0.2, 0) is 6.54 Å². The first-order chi connectivity index (χ1) is 9.97. The fourth-order valence-corrected chi connectivity index (χ4v) is 2.04. The number of aryl methyl sites for hydroxylation is 1. The van der Waals surface area contributed by atoms with Gasteiger partial charge in [-0.15, -0.1) is 0 Å². The Morgan fingerprint density at radius 3 is 2.76 bits per heavy atom. The molecular formula is C16H18ClFN2O. The van der Waals surface area contributed by atoms with Crippen LogP contribution in [0.3, 0.4) is 0 Å². The third kappa shape index (κ3) is 4.16. The number of nitrogens with one attached hydrogen (secondary N) is 1. The van der Waals surface area contributed by atoms with Crippen LogP contribution >= 0.6 is 11.6 Å². The van der Waals surface area contributed by atoms with E-state index >= 15 is 0 Å². The van der Waals surface area contributed by atoms with Gasteiger partial charge in [0.25, 0.3) is 5.88 Å². The highest BCUT2D eigenvalue weighted by Crippen LogP contribution is 2.28. The molecule has 1 N–H and O–H groups in total. The van der Waals surface area contributed by atoms with Crippen molar-refractivity contribution in [2.45, 2.75) is 33.4 Å². The minimum atomic E-state index is -0.444. The number of aromatic nitrogens is 1. The molecule has 1 aromatic carbocycles. The van der Waals surface area contributed by atoms with Gasteiger partial charge in [0.2, 0.25) is 0 Å². The lowest BCUT2D eigenvalue weighted by atomic mass is 10.2. The quantitative estimate of drug-likeness (QED) is 0.884. The van der Waals surface area contributed by atoms with Crippen LogP contribution in [0, 0.1) is 12.7 Å². The highest BCUT2D eigenvalue weighted by molar-refractivity contribution is 6.30. The van der Waals surface area contributed by atoms with Crippen molar-refractivity contribution in [3.05, 3.63) is 52.4 Å². The molecule has 0 amide bonds. The van der Waals surface area contributed by atoms with Gasteiger partial charge < -0.3 is 10.1 Å². The Kier molecular flexibility index (Phi) is 5.15. The molecule has 2 aromatic rings. The smallest absolute Gasteiger partial charge is 0.256 e. The van der Waals surface area contributed by atoms with Crippen molar-refractivity contribution in [1.82, 2.24) is 10.3 Å². The zero-order chi connectivity index (χ0) is 15.4. The van der Waals surface area contributed by atoms with Gasteiger partial charge in [-0.3, -0.25) is 0 Å². The van der Waals surface area contributed by atoms with Gasteiger partial charge in [0.1, 0.15) is 5.75 Å². The summed E-state index contributed by atoms with van der Waals surface area (Å²) in [5.41, 5.74) is 1.36. The lowest BCUT2D eigenvalue weighted by Gasteiger charge is -2.12. The van der Waals surface area contributed by atoms with Crippen LogP contribution in [0.1, 0.15) is 25.0 Å². The third-order valence-electron chi connectivity index (χ3n) is 2.98. The van der Waals surface area contributed by atoms with E-state index in [0.29, 0.717) is 22.9 Å². The Morgan fingerprint density at radius 2 is 2.10 bits per heavy atom. The van der Waals surface area contributed by atoms with E-state index in [1.165, 1.54) is 0 Å². The van der Waals surface area contributed by atoms with E-state index < -0.39 is 5.82 Å². The van der Waals surface area contributed by atoms with Crippen molar-refractivity contribution in [2.24, 2.45) is 0 Å². The van der Waals surface area contributed by atoms with E-state index in [4.69, 9.17) is 16.3 Å². The van der Waals surface area contributed by atoms with E-state index in [2.05, 4.69) is 10.3 Å². The molecule has 1 aromatic heterocycles. The molecule has 3 nitrogen and oxygen atoms in total. The van der Waals surface area contributed by atoms with Crippen LogP contribution in [0.15, 0.2) is 30.5 Å². The number of ether oxygens (including phenoxy) is 1. The van der Waals surface area contributed by atoms with E-state index in [1.807, 2.05) is 20.8 Å². The van der Waals surface area contributed by atoms with Crippen LogP contribution in [0.4, 0.5) is 4.39 Å². The highest BCUT2D eigenvalue weighted by Gasteiger charge is 2.13. The molecule has 5 heteroatoms. The average molecular weight is 309 g/mol. The first-order valence-electron chi connectivity index (χ1n) is 6.78. The zero-order valence-electron chi connectivity index (χ0n) is 12.3. The van der Waals surface area contributed by atoms with Crippen molar-refractivity contribution in [3.8, 4) is 11.6 Å². The van der Waals surface area contributed by atoms with Gasteiger partial charge in [-0.1, -0.05) is 25.4 Å². The molecule has 0 saturated heterocycles. The maximum absolute atomic E-state index is 14.4. The number of rotatable bonds is 5. The summed E-state index contributed by atoms with van der Waals surface area (Å²) in [5.74, 6) is 0.0725. The topological polar surface area (TPSA) is 34.1 Å². The molecule has 2 rings (SSSR count). The van der Waals surface area contributed by atoms with Gasteiger partial charge in [-0.25, -0.2) is 9.37 Å². The van der Waals surface area contributed by atoms with E-state index in [-0.39, 0.29) is 11.9 Å². The lowest BCUT2D eigenvalue weighted by molar-refractivity contribution is 0.414. The average Bonchev–Trinajstić information content (AvgIpc) is 2.42. The van der Waals surface area contributed by atoms with E-state index in [1.54, 1.807) is 30.5 Å². The fourth-order valence-electron chi connectivity index (χ4n) is 1.82. The molecule has 0 saturated carbocycles.